The molecule has 7 nitrogen and oxygen atoms in total. The molecule has 0 radical (unpaired) electrons. The van der Waals surface area contributed by atoms with Crippen molar-refractivity contribution in [3.63, 3.8) is 0 Å². The number of nitrogens with two attached hydrogens (primary N) is 1. The summed E-state index contributed by atoms with van der Waals surface area (Å²) in [6, 6.07) is 1.44. The van der Waals surface area contributed by atoms with Crippen molar-refractivity contribution in [2.45, 2.75) is 44.7 Å². The van der Waals surface area contributed by atoms with E-state index in [4.69, 9.17) is 17.3 Å². The molecule has 0 unspecified atom stereocenters. The summed E-state index contributed by atoms with van der Waals surface area (Å²) in [7, 11) is 0. The standard InChI is InChI=1S/C20H24ClN3O4/c1-2-10-5-11(22)8-23(7-10)18-15(25)6-13-17(16(18)21)24(12-3-4-12)9-14(19(13)26)20(27)28/h6,9-12,25H,2-5,7-8,22H2,1H3,(H,27,28)/t10-,11+/m1/s1. The minimum atomic E-state index is -1.28. The van der Waals surface area contributed by atoms with E-state index in [1.165, 1.54) is 12.3 Å². The van der Waals surface area contributed by atoms with Crippen LogP contribution in [0.3, 0.4) is 0 Å². The Morgan fingerprint density at radius 2 is 2.07 bits per heavy atom. The first-order valence-electron chi connectivity index (χ1n) is 9.65. The summed E-state index contributed by atoms with van der Waals surface area (Å²) in [6.45, 7) is 3.40. The smallest absolute Gasteiger partial charge is 0.341 e. The Balaban J connectivity index is 1.95. The van der Waals surface area contributed by atoms with Crippen LogP contribution in [-0.2, 0) is 0 Å². The number of benzene rings is 1. The molecule has 0 bridgehead atoms. The maximum Gasteiger partial charge on any atom is 0.341 e. The number of aromatic nitrogens is 1. The molecule has 1 aromatic carbocycles. The molecular weight excluding hydrogens is 382 g/mol. The second-order valence-electron chi connectivity index (χ2n) is 7.94. The Labute approximate surface area is 167 Å². The van der Waals surface area contributed by atoms with E-state index >= 15 is 0 Å². The molecule has 28 heavy (non-hydrogen) atoms. The molecule has 1 aromatic heterocycles. The lowest BCUT2D eigenvalue weighted by atomic mass is 9.92. The Kier molecular flexibility index (Phi) is 4.75. The zero-order valence-electron chi connectivity index (χ0n) is 15.7. The summed E-state index contributed by atoms with van der Waals surface area (Å²) in [6.07, 6.45) is 5.08. The molecule has 4 N–H and O–H groups in total. The van der Waals surface area contributed by atoms with Crippen LogP contribution < -0.4 is 16.1 Å². The van der Waals surface area contributed by atoms with Gasteiger partial charge in [0.15, 0.2) is 0 Å². The number of fused-ring (bicyclic) bond motifs is 1. The average molecular weight is 406 g/mol. The first kappa shape index (κ1) is 19.1. The van der Waals surface area contributed by atoms with Crippen LogP contribution in [0.5, 0.6) is 5.75 Å². The summed E-state index contributed by atoms with van der Waals surface area (Å²) >= 11 is 6.75. The zero-order valence-corrected chi connectivity index (χ0v) is 16.4. The molecule has 1 aliphatic carbocycles. The van der Waals surface area contributed by atoms with Gasteiger partial charge in [-0.1, -0.05) is 24.9 Å². The van der Waals surface area contributed by atoms with E-state index in [0.29, 0.717) is 23.7 Å². The van der Waals surface area contributed by atoms with Gasteiger partial charge < -0.3 is 25.4 Å². The Morgan fingerprint density at radius 3 is 2.68 bits per heavy atom. The number of aromatic hydroxyl groups is 1. The highest BCUT2D eigenvalue weighted by molar-refractivity contribution is 6.38. The van der Waals surface area contributed by atoms with Gasteiger partial charge in [-0.25, -0.2) is 4.79 Å². The fourth-order valence-electron chi connectivity index (χ4n) is 4.27. The number of anilines is 1. The van der Waals surface area contributed by atoms with E-state index in [1.54, 1.807) is 4.57 Å². The number of pyridine rings is 1. The highest BCUT2D eigenvalue weighted by Crippen LogP contribution is 2.45. The SMILES string of the molecule is CC[C@@H]1C[C@H](N)CN(c2c(O)cc3c(=O)c(C(=O)O)cn(C4CC4)c3c2Cl)C1. The topological polar surface area (TPSA) is 109 Å². The zero-order chi connectivity index (χ0) is 20.2. The van der Waals surface area contributed by atoms with Crippen molar-refractivity contribution in [1.82, 2.24) is 4.57 Å². The third kappa shape index (κ3) is 3.12. The molecule has 150 valence electrons. The van der Waals surface area contributed by atoms with E-state index in [0.717, 1.165) is 32.2 Å². The number of phenols is 1. The number of piperidine rings is 1. The van der Waals surface area contributed by atoms with Crippen LogP contribution in [-0.4, -0.2) is 39.9 Å². The van der Waals surface area contributed by atoms with Gasteiger partial charge in [-0.2, -0.15) is 0 Å². The number of nitrogens with zero attached hydrogens (tertiary/aromatic N) is 2. The van der Waals surface area contributed by atoms with Crippen molar-refractivity contribution in [3.05, 3.63) is 33.1 Å². The highest BCUT2D eigenvalue weighted by Gasteiger charge is 2.32. The molecule has 2 aromatic rings. The lowest BCUT2D eigenvalue weighted by molar-refractivity contribution is 0.0695. The molecule has 2 heterocycles. The number of carboxylic acids is 1. The average Bonchev–Trinajstić information content (AvgIpc) is 3.46. The number of phenolic OH excluding ortho intramolecular Hbond substituents is 1. The van der Waals surface area contributed by atoms with E-state index < -0.39 is 11.4 Å². The van der Waals surface area contributed by atoms with Crippen LogP contribution in [0, 0.1) is 5.92 Å². The third-order valence-corrected chi connectivity index (χ3v) is 6.20. The van der Waals surface area contributed by atoms with Gasteiger partial charge in [0, 0.05) is 31.4 Å². The number of hydrogen-bond acceptors (Lipinski definition) is 5. The lowest BCUT2D eigenvalue weighted by Gasteiger charge is -2.38. The number of aromatic carboxylic acids is 1. The maximum atomic E-state index is 12.7. The second kappa shape index (κ2) is 6.97. The van der Waals surface area contributed by atoms with Crippen molar-refractivity contribution in [2.75, 3.05) is 18.0 Å². The van der Waals surface area contributed by atoms with Crippen molar-refractivity contribution in [1.29, 1.82) is 0 Å². The first-order chi connectivity index (χ1) is 13.3. The number of rotatable bonds is 4. The van der Waals surface area contributed by atoms with Gasteiger partial charge in [-0.05, 0) is 31.2 Å². The van der Waals surface area contributed by atoms with Gasteiger partial charge in [0.05, 0.1) is 15.9 Å². The minimum absolute atomic E-state index is 0.0233. The van der Waals surface area contributed by atoms with E-state index in [2.05, 4.69) is 6.92 Å². The molecule has 4 rings (SSSR count). The van der Waals surface area contributed by atoms with Crippen molar-refractivity contribution in [2.24, 2.45) is 11.7 Å². The molecule has 1 aliphatic heterocycles. The molecule has 2 aliphatic rings. The number of halogens is 1. The molecule has 1 saturated carbocycles. The van der Waals surface area contributed by atoms with Crippen LogP contribution >= 0.6 is 11.6 Å². The maximum absolute atomic E-state index is 12.7. The fraction of sp³-hybridized carbons (Fsp3) is 0.500. The molecule has 0 spiro atoms. The quantitative estimate of drug-likeness (QED) is 0.721. The van der Waals surface area contributed by atoms with Crippen molar-refractivity contribution < 1.29 is 15.0 Å². The summed E-state index contributed by atoms with van der Waals surface area (Å²) in [5, 5.41) is 20.5. The van der Waals surface area contributed by atoms with Gasteiger partial charge in [0.2, 0.25) is 5.43 Å². The molecule has 0 amide bonds. The Bertz CT molecular complexity index is 1010. The summed E-state index contributed by atoms with van der Waals surface area (Å²) in [5.41, 5.74) is 6.23. The fourth-order valence-corrected chi connectivity index (χ4v) is 4.68. The van der Waals surface area contributed by atoms with Crippen LogP contribution in [0.25, 0.3) is 10.9 Å². The van der Waals surface area contributed by atoms with Gasteiger partial charge >= 0.3 is 5.97 Å². The van der Waals surface area contributed by atoms with E-state index in [9.17, 15) is 19.8 Å². The Hall–Kier alpha value is -2.25. The predicted octanol–water partition coefficient (Wildman–Crippen LogP) is 2.96. The first-order valence-corrected chi connectivity index (χ1v) is 10.0. The van der Waals surface area contributed by atoms with Gasteiger partial charge in [-0.3, -0.25) is 4.79 Å². The second-order valence-corrected chi connectivity index (χ2v) is 8.32. The summed E-state index contributed by atoms with van der Waals surface area (Å²) in [4.78, 5) is 26.2. The number of carbonyl (C=O) groups is 1. The molecule has 2 fully saturated rings. The molecular formula is C20H24ClN3O4. The van der Waals surface area contributed by atoms with Gasteiger partial charge in [-0.15, -0.1) is 0 Å². The van der Waals surface area contributed by atoms with Gasteiger partial charge in [0.25, 0.3) is 0 Å². The Morgan fingerprint density at radius 1 is 1.36 bits per heavy atom. The van der Waals surface area contributed by atoms with Crippen LogP contribution in [0.4, 0.5) is 5.69 Å². The normalized spacial score (nSPS) is 22.6. The molecule has 8 heteroatoms. The van der Waals surface area contributed by atoms with E-state index in [1.807, 2.05) is 4.90 Å². The van der Waals surface area contributed by atoms with Crippen molar-refractivity contribution in [3.8, 4) is 5.75 Å². The van der Waals surface area contributed by atoms with Crippen LogP contribution in [0.1, 0.15) is 49.0 Å². The van der Waals surface area contributed by atoms with Crippen molar-refractivity contribution >= 4 is 34.2 Å². The lowest BCUT2D eigenvalue weighted by Crippen LogP contribution is -2.47. The monoisotopic (exact) mass is 405 g/mol. The minimum Gasteiger partial charge on any atom is -0.506 e. The summed E-state index contributed by atoms with van der Waals surface area (Å²) < 4.78 is 1.78. The van der Waals surface area contributed by atoms with E-state index in [-0.39, 0.29) is 33.8 Å². The largest absolute Gasteiger partial charge is 0.506 e. The molecule has 2 atom stereocenters. The van der Waals surface area contributed by atoms with Gasteiger partial charge in [0.1, 0.15) is 17.0 Å². The summed E-state index contributed by atoms with van der Waals surface area (Å²) in [5.74, 6) is -1.01. The highest BCUT2D eigenvalue weighted by atomic mass is 35.5. The number of carboxylic acid groups (broad SMARTS) is 1. The molecule has 1 saturated heterocycles. The van der Waals surface area contributed by atoms with Crippen LogP contribution in [0.15, 0.2) is 17.1 Å². The predicted molar refractivity (Wildman–Crippen MR) is 109 cm³/mol. The number of hydrogen-bond donors (Lipinski definition) is 3. The van der Waals surface area contributed by atoms with Crippen LogP contribution in [0.2, 0.25) is 5.02 Å². The third-order valence-electron chi connectivity index (χ3n) is 5.84.